The molecular formula is C12H9N5O4. The molecule has 0 aromatic heterocycles. The van der Waals surface area contributed by atoms with Crippen molar-refractivity contribution >= 4 is 22.7 Å². The van der Waals surface area contributed by atoms with Crippen LogP contribution in [0.2, 0.25) is 0 Å². The highest BCUT2D eigenvalue weighted by Gasteiger charge is 2.13. The summed E-state index contributed by atoms with van der Waals surface area (Å²) in [5.74, 6) is 0. The van der Waals surface area contributed by atoms with Crippen LogP contribution in [0.5, 0.6) is 0 Å². The van der Waals surface area contributed by atoms with Crippen LogP contribution in [0, 0.1) is 20.2 Å². The van der Waals surface area contributed by atoms with Gasteiger partial charge in [0, 0.05) is 12.1 Å². The molecule has 0 aliphatic rings. The van der Waals surface area contributed by atoms with Crippen LogP contribution in [-0.2, 0) is 0 Å². The van der Waals surface area contributed by atoms with E-state index in [1.165, 1.54) is 36.4 Å². The van der Waals surface area contributed by atoms with Crippen LogP contribution < -0.4 is 5.43 Å². The summed E-state index contributed by atoms with van der Waals surface area (Å²) >= 11 is 0. The second-order valence-corrected chi connectivity index (χ2v) is 3.83. The molecule has 1 N–H and O–H groups in total. The minimum absolute atomic E-state index is 0.0496. The quantitative estimate of drug-likeness (QED) is 0.511. The molecule has 2 rings (SSSR count). The van der Waals surface area contributed by atoms with Crippen molar-refractivity contribution < 1.29 is 9.85 Å². The Bertz CT molecular complexity index is 716. The van der Waals surface area contributed by atoms with Crippen molar-refractivity contribution in [3.05, 3.63) is 68.8 Å². The van der Waals surface area contributed by atoms with E-state index in [1.54, 1.807) is 12.1 Å². The summed E-state index contributed by atoms with van der Waals surface area (Å²) in [5.41, 5.74) is 2.23. The molecule has 2 aromatic carbocycles. The summed E-state index contributed by atoms with van der Waals surface area (Å²) in [6.07, 6.45) is 0. The average Bonchev–Trinajstić information content (AvgIpc) is 2.48. The molecule has 9 heteroatoms. The van der Waals surface area contributed by atoms with E-state index in [1.807, 2.05) is 0 Å². The zero-order valence-corrected chi connectivity index (χ0v) is 10.5. The zero-order valence-electron chi connectivity index (χ0n) is 10.5. The molecule has 0 atom stereocenters. The third-order valence-electron chi connectivity index (χ3n) is 2.51. The van der Waals surface area contributed by atoms with Crippen LogP contribution in [0.3, 0.4) is 0 Å². The Morgan fingerprint density at radius 3 is 2.10 bits per heavy atom. The second kappa shape index (κ2) is 6.19. The van der Waals surface area contributed by atoms with Gasteiger partial charge in [0.05, 0.1) is 9.85 Å². The van der Waals surface area contributed by atoms with Crippen LogP contribution in [0.15, 0.2) is 58.9 Å². The summed E-state index contributed by atoms with van der Waals surface area (Å²) in [6, 6.07) is 11.7. The van der Waals surface area contributed by atoms with E-state index in [0.717, 1.165) is 0 Å². The van der Waals surface area contributed by atoms with Gasteiger partial charge in [-0.2, -0.15) is 0 Å². The first kappa shape index (κ1) is 14.1. The number of hydrogen-bond donors (Lipinski definition) is 1. The highest BCUT2D eigenvalue weighted by molar-refractivity contribution is 5.61. The average molecular weight is 287 g/mol. The molecule has 106 valence electrons. The van der Waals surface area contributed by atoms with Crippen molar-refractivity contribution in [3.8, 4) is 0 Å². The number of benzene rings is 2. The van der Waals surface area contributed by atoms with E-state index >= 15 is 0 Å². The van der Waals surface area contributed by atoms with Crippen LogP contribution in [0.4, 0.5) is 22.7 Å². The van der Waals surface area contributed by atoms with Crippen LogP contribution in [-0.4, -0.2) is 9.85 Å². The van der Waals surface area contributed by atoms with E-state index in [0.29, 0.717) is 0 Å². The minimum atomic E-state index is -0.584. The number of nitro benzene ring substituents is 2. The first-order valence-corrected chi connectivity index (χ1v) is 5.73. The smallest absolute Gasteiger partial charge is 0.258 e. The van der Waals surface area contributed by atoms with Gasteiger partial charge in [-0.15, -0.1) is 5.11 Å². The van der Waals surface area contributed by atoms with E-state index in [9.17, 15) is 20.2 Å². The molecule has 0 bridgehead atoms. The monoisotopic (exact) mass is 287 g/mol. The number of rotatable bonds is 5. The standard InChI is InChI=1S/C12H9N5O4/c18-16(19)11-7-3-1-5-9(11)13-15-14-10-6-2-4-8-12(10)17(20)21/h1-8H,(H,13,14). The number of hydrogen-bond acceptors (Lipinski definition) is 6. The lowest BCUT2D eigenvalue weighted by molar-refractivity contribution is -0.384. The molecule has 0 amide bonds. The molecule has 0 saturated carbocycles. The maximum Gasteiger partial charge on any atom is 0.296 e. The van der Waals surface area contributed by atoms with E-state index in [2.05, 4.69) is 15.8 Å². The van der Waals surface area contributed by atoms with Crippen molar-refractivity contribution in [2.24, 2.45) is 10.3 Å². The summed E-state index contributed by atoms with van der Waals surface area (Å²) in [7, 11) is 0. The maximum absolute atomic E-state index is 10.8. The lowest BCUT2D eigenvalue weighted by atomic mass is 10.3. The lowest BCUT2D eigenvalue weighted by Gasteiger charge is -2.00. The lowest BCUT2D eigenvalue weighted by Crippen LogP contribution is -1.95. The van der Waals surface area contributed by atoms with E-state index in [-0.39, 0.29) is 22.7 Å². The zero-order chi connectivity index (χ0) is 15.2. The Balaban J connectivity index is 2.21. The fourth-order valence-electron chi connectivity index (χ4n) is 1.56. The van der Waals surface area contributed by atoms with Gasteiger partial charge in [0.2, 0.25) is 0 Å². The highest BCUT2D eigenvalue weighted by atomic mass is 16.6. The number of nitrogens with zero attached hydrogens (tertiary/aromatic N) is 4. The molecule has 0 heterocycles. The van der Waals surface area contributed by atoms with Gasteiger partial charge in [0.25, 0.3) is 11.4 Å². The fourth-order valence-corrected chi connectivity index (χ4v) is 1.56. The predicted octanol–water partition coefficient (Wildman–Crippen LogP) is 3.61. The molecule has 0 aliphatic carbocycles. The topological polar surface area (TPSA) is 123 Å². The number of anilines is 1. The molecular weight excluding hydrogens is 278 g/mol. The highest BCUT2D eigenvalue weighted by Crippen LogP contribution is 2.27. The van der Waals surface area contributed by atoms with Gasteiger partial charge >= 0.3 is 0 Å². The molecule has 0 radical (unpaired) electrons. The van der Waals surface area contributed by atoms with Crippen LogP contribution in [0.25, 0.3) is 0 Å². The molecule has 21 heavy (non-hydrogen) atoms. The summed E-state index contributed by atoms with van der Waals surface area (Å²) in [6.45, 7) is 0. The molecule has 0 saturated heterocycles. The van der Waals surface area contributed by atoms with Gasteiger partial charge < -0.3 is 0 Å². The van der Waals surface area contributed by atoms with E-state index < -0.39 is 9.85 Å². The first-order valence-electron chi connectivity index (χ1n) is 5.73. The normalized spacial score (nSPS) is 10.5. The van der Waals surface area contributed by atoms with Gasteiger partial charge in [0.15, 0.2) is 5.69 Å². The van der Waals surface area contributed by atoms with Gasteiger partial charge in [0.1, 0.15) is 5.69 Å². The van der Waals surface area contributed by atoms with Gasteiger partial charge in [-0.05, 0) is 12.1 Å². The predicted molar refractivity (Wildman–Crippen MR) is 74.3 cm³/mol. The Labute approximate surface area is 118 Å². The molecule has 2 aromatic rings. The van der Waals surface area contributed by atoms with Crippen LogP contribution in [0.1, 0.15) is 0 Å². The SMILES string of the molecule is O=[N+]([O-])c1ccccc1N=NNc1ccccc1[N+](=O)[O-]. The fraction of sp³-hybridized carbons (Fsp3) is 0. The van der Waals surface area contributed by atoms with Crippen molar-refractivity contribution in [3.63, 3.8) is 0 Å². The second-order valence-electron chi connectivity index (χ2n) is 3.83. The molecule has 9 nitrogen and oxygen atoms in total. The largest absolute Gasteiger partial charge is 0.296 e. The van der Waals surface area contributed by atoms with Crippen molar-refractivity contribution in [2.75, 3.05) is 5.43 Å². The number of para-hydroxylation sites is 3. The molecule has 0 fully saturated rings. The Morgan fingerprint density at radius 1 is 0.857 bits per heavy atom. The molecule has 0 unspecified atom stereocenters. The minimum Gasteiger partial charge on any atom is -0.258 e. The van der Waals surface area contributed by atoms with Gasteiger partial charge in [-0.3, -0.25) is 25.7 Å². The third-order valence-corrected chi connectivity index (χ3v) is 2.51. The third kappa shape index (κ3) is 3.35. The van der Waals surface area contributed by atoms with E-state index in [4.69, 9.17) is 0 Å². The van der Waals surface area contributed by atoms with Gasteiger partial charge in [-0.25, -0.2) is 0 Å². The summed E-state index contributed by atoms with van der Waals surface area (Å²) in [4.78, 5) is 20.4. The summed E-state index contributed by atoms with van der Waals surface area (Å²) < 4.78 is 0. The maximum atomic E-state index is 10.8. The number of nitrogens with one attached hydrogen (secondary N) is 1. The van der Waals surface area contributed by atoms with Crippen LogP contribution >= 0.6 is 0 Å². The Hall–Kier alpha value is -3.36. The molecule has 0 aliphatic heterocycles. The Kier molecular flexibility index (Phi) is 4.14. The summed E-state index contributed by atoms with van der Waals surface area (Å²) in [5, 5.41) is 28.8. The number of nitro groups is 2. The molecule has 0 spiro atoms. The van der Waals surface area contributed by atoms with Gasteiger partial charge in [-0.1, -0.05) is 29.5 Å². The first-order chi connectivity index (χ1) is 10.1. The van der Waals surface area contributed by atoms with Crippen molar-refractivity contribution in [2.45, 2.75) is 0 Å². The van der Waals surface area contributed by atoms with Crippen molar-refractivity contribution in [1.29, 1.82) is 0 Å². The Morgan fingerprint density at radius 2 is 1.43 bits per heavy atom. The van der Waals surface area contributed by atoms with Crippen molar-refractivity contribution in [1.82, 2.24) is 0 Å².